The Balaban J connectivity index is 2.99. The molecule has 0 saturated heterocycles. The van der Waals surface area contributed by atoms with E-state index in [2.05, 4.69) is 0 Å². The number of ether oxygens (including phenoxy) is 1. The van der Waals surface area contributed by atoms with Crippen LogP contribution in [0.5, 0.6) is 5.75 Å². The molecule has 1 N–H and O–H groups in total. The summed E-state index contributed by atoms with van der Waals surface area (Å²) in [7, 11) is 2.99. The first-order valence-electron chi connectivity index (χ1n) is 3.63. The van der Waals surface area contributed by atoms with Crippen LogP contribution in [0.1, 0.15) is 0 Å². The van der Waals surface area contributed by atoms with Crippen LogP contribution in [0, 0.1) is 0 Å². The Bertz CT molecular complexity index is 323. The van der Waals surface area contributed by atoms with Gasteiger partial charge in [0.05, 0.1) is 7.11 Å². The molecule has 72 valence electrons. The number of benzene rings is 1. The van der Waals surface area contributed by atoms with Gasteiger partial charge in [-0.25, -0.2) is 0 Å². The van der Waals surface area contributed by atoms with Gasteiger partial charge in [0.15, 0.2) is 0 Å². The summed E-state index contributed by atoms with van der Waals surface area (Å²) in [5.74, 6) is 0.731. The summed E-state index contributed by atoms with van der Waals surface area (Å²) in [6.07, 6.45) is 0. The van der Waals surface area contributed by atoms with E-state index in [1.807, 2.05) is 0 Å². The van der Waals surface area contributed by atoms with Gasteiger partial charge >= 0.3 is 0 Å². The van der Waals surface area contributed by atoms with Gasteiger partial charge in [0.25, 0.3) is 0 Å². The van der Waals surface area contributed by atoms with Gasteiger partial charge < -0.3 is 14.2 Å². The maximum absolute atomic E-state index is 9.62. The van der Waals surface area contributed by atoms with Crippen LogP contribution in [0.3, 0.4) is 0 Å². The van der Waals surface area contributed by atoms with Crippen molar-refractivity contribution in [3.63, 3.8) is 0 Å². The first-order valence-corrected chi connectivity index (χ1v) is 6.30. The number of methoxy groups -OCH3 is 1. The summed E-state index contributed by atoms with van der Waals surface area (Å²) in [6.45, 7) is -2.78. The second-order valence-electron chi connectivity index (χ2n) is 2.40. The summed E-state index contributed by atoms with van der Waals surface area (Å²) in [5, 5.41) is 0.630. The van der Waals surface area contributed by atoms with Crippen molar-refractivity contribution in [1.29, 1.82) is 0 Å². The smallest absolute Gasteiger partial charge is 0.216 e. The Morgan fingerprint density at radius 2 is 1.77 bits per heavy atom. The van der Waals surface area contributed by atoms with Crippen molar-refractivity contribution in [3.05, 3.63) is 24.3 Å². The average molecular weight is 218 g/mol. The lowest BCUT2D eigenvalue weighted by Crippen LogP contribution is -2.04. The molecule has 0 aliphatic rings. The normalized spacial score (nSPS) is 15.0. The molecule has 0 heterocycles. The molecule has 1 unspecified atom stereocenters. The summed E-state index contributed by atoms with van der Waals surface area (Å²) in [6, 6.07) is 6.91. The molecule has 0 bridgehead atoms. The maximum Gasteiger partial charge on any atom is 0.216 e. The molecule has 0 amide bonds. The van der Waals surface area contributed by atoms with Crippen LogP contribution < -0.4 is 10.0 Å². The molecule has 0 fully saturated rings. The first kappa shape index (κ1) is 10.7. The van der Waals surface area contributed by atoms with Gasteiger partial charge in [0.2, 0.25) is 6.49 Å². The Hall–Kier alpha value is -0.410. The molecule has 0 aliphatic heterocycles. The number of hydrogen-bond acceptors (Lipinski definition) is 3. The summed E-state index contributed by atoms with van der Waals surface area (Å²) in [5.41, 5.74) is 0. The zero-order chi connectivity index (χ0) is 9.90. The van der Waals surface area contributed by atoms with Crippen molar-refractivity contribution in [2.45, 2.75) is 0 Å². The monoisotopic (exact) mass is 218 g/mol. The SMILES string of the molecule is COc1ccc(P(O)(=S)OC)cc1. The Morgan fingerprint density at radius 1 is 1.23 bits per heavy atom. The second-order valence-corrected chi connectivity index (χ2v) is 5.81. The Kier molecular flexibility index (Phi) is 3.45. The number of rotatable bonds is 3. The van der Waals surface area contributed by atoms with Crippen LogP contribution in [-0.4, -0.2) is 19.1 Å². The highest BCUT2D eigenvalue weighted by Crippen LogP contribution is 2.39. The van der Waals surface area contributed by atoms with Gasteiger partial charge in [-0.05, 0) is 36.1 Å². The number of hydrogen-bond donors (Lipinski definition) is 1. The highest BCUT2D eigenvalue weighted by molar-refractivity contribution is 8.13. The van der Waals surface area contributed by atoms with Crippen molar-refractivity contribution in [2.24, 2.45) is 0 Å². The van der Waals surface area contributed by atoms with Crippen LogP contribution in [0.4, 0.5) is 0 Å². The minimum absolute atomic E-state index is 0.630. The molecule has 1 aromatic rings. The molecule has 5 heteroatoms. The zero-order valence-corrected chi connectivity index (χ0v) is 9.14. The van der Waals surface area contributed by atoms with Crippen molar-refractivity contribution in [2.75, 3.05) is 14.2 Å². The highest BCUT2D eigenvalue weighted by atomic mass is 32.5. The third-order valence-electron chi connectivity index (χ3n) is 1.65. The van der Waals surface area contributed by atoms with E-state index in [1.54, 1.807) is 31.4 Å². The Labute approximate surface area is 82.5 Å². The molecule has 0 radical (unpaired) electrons. The summed E-state index contributed by atoms with van der Waals surface area (Å²) in [4.78, 5) is 9.62. The van der Waals surface area contributed by atoms with E-state index in [-0.39, 0.29) is 0 Å². The van der Waals surface area contributed by atoms with E-state index >= 15 is 0 Å². The predicted molar refractivity (Wildman–Crippen MR) is 56.1 cm³/mol. The second kappa shape index (κ2) is 4.20. The first-order chi connectivity index (χ1) is 6.10. The van der Waals surface area contributed by atoms with Crippen LogP contribution in [-0.2, 0) is 16.3 Å². The highest BCUT2D eigenvalue weighted by Gasteiger charge is 2.14. The van der Waals surface area contributed by atoms with Crippen LogP contribution >= 0.6 is 6.49 Å². The van der Waals surface area contributed by atoms with Gasteiger partial charge in [-0.3, -0.25) is 0 Å². The quantitative estimate of drug-likeness (QED) is 0.775. The molecule has 1 atom stereocenters. The van der Waals surface area contributed by atoms with Gasteiger partial charge in [-0.1, -0.05) is 0 Å². The molecular formula is C8H11O3PS. The standard InChI is InChI=1S/C8H11O3PS/c1-10-7-3-5-8(6-4-7)12(9,13)11-2/h3-6H,1-2H3,(H,9,13). The largest absolute Gasteiger partial charge is 0.497 e. The average Bonchev–Trinajstić information content (AvgIpc) is 2.18. The topological polar surface area (TPSA) is 38.7 Å². The van der Waals surface area contributed by atoms with Crippen LogP contribution in [0.25, 0.3) is 0 Å². The predicted octanol–water partition coefficient (Wildman–Crippen LogP) is 1.27. The van der Waals surface area contributed by atoms with E-state index in [4.69, 9.17) is 21.1 Å². The maximum atomic E-state index is 9.62. The lowest BCUT2D eigenvalue weighted by Gasteiger charge is -2.12. The van der Waals surface area contributed by atoms with E-state index in [0.29, 0.717) is 5.30 Å². The fourth-order valence-corrected chi connectivity index (χ4v) is 1.98. The molecule has 3 nitrogen and oxygen atoms in total. The fraction of sp³-hybridized carbons (Fsp3) is 0.250. The van der Waals surface area contributed by atoms with Crippen LogP contribution in [0.15, 0.2) is 24.3 Å². The summed E-state index contributed by atoms with van der Waals surface area (Å²) < 4.78 is 9.81. The van der Waals surface area contributed by atoms with Crippen molar-refractivity contribution in [1.82, 2.24) is 0 Å². The molecule has 0 saturated carbocycles. The van der Waals surface area contributed by atoms with Crippen molar-refractivity contribution < 1.29 is 14.2 Å². The Morgan fingerprint density at radius 3 is 2.15 bits per heavy atom. The molecule has 0 spiro atoms. The van der Waals surface area contributed by atoms with Crippen molar-refractivity contribution >= 4 is 23.6 Å². The lowest BCUT2D eigenvalue weighted by molar-refractivity contribution is 0.397. The van der Waals surface area contributed by atoms with Crippen molar-refractivity contribution in [3.8, 4) is 5.75 Å². The van der Waals surface area contributed by atoms with Gasteiger partial charge in [-0.2, -0.15) is 0 Å². The van der Waals surface area contributed by atoms with E-state index in [9.17, 15) is 4.89 Å². The van der Waals surface area contributed by atoms with Gasteiger partial charge in [0, 0.05) is 12.4 Å². The molecule has 0 aromatic heterocycles. The molecular weight excluding hydrogens is 207 g/mol. The third-order valence-corrected chi connectivity index (χ3v) is 4.17. The lowest BCUT2D eigenvalue weighted by atomic mass is 10.3. The minimum atomic E-state index is -2.78. The molecule has 13 heavy (non-hydrogen) atoms. The molecule has 0 aliphatic carbocycles. The molecule has 1 rings (SSSR count). The third kappa shape index (κ3) is 2.51. The van der Waals surface area contributed by atoms with E-state index in [1.165, 1.54) is 7.11 Å². The van der Waals surface area contributed by atoms with E-state index < -0.39 is 6.49 Å². The minimum Gasteiger partial charge on any atom is -0.497 e. The fourth-order valence-electron chi connectivity index (χ4n) is 0.876. The van der Waals surface area contributed by atoms with E-state index in [0.717, 1.165) is 5.75 Å². The van der Waals surface area contributed by atoms with Crippen LogP contribution in [0.2, 0.25) is 0 Å². The molecule has 1 aromatic carbocycles. The zero-order valence-electron chi connectivity index (χ0n) is 7.43. The summed E-state index contributed by atoms with van der Waals surface area (Å²) >= 11 is 4.89. The van der Waals surface area contributed by atoms with Gasteiger partial charge in [-0.15, -0.1) is 0 Å². The van der Waals surface area contributed by atoms with Gasteiger partial charge in [0.1, 0.15) is 5.75 Å².